The Bertz CT molecular complexity index is 1090. The molecule has 4 aromatic rings. The van der Waals surface area contributed by atoms with E-state index in [2.05, 4.69) is 109 Å². The highest BCUT2D eigenvalue weighted by Crippen LogP contribution is 2.47. The zero-order valence-corrected chi connectivity index (χ0v) is 16.5. The van der Waals surface area contributed by atoms with Crippen molar-refractivity contribution in [2.24, 2.45) is 0 Å². The molecule has 0 bridgehead atoms. The first-order valence-corrected chi connectivity index (χ1v) is 10.7. The van der Waals surface area contributed by atoms with Gasteiger partial charge in [-0.15, -0.1) is 0 Å². The van der Waals surface area contributed by atoms with Crippen molar-refractivity contribution >= 4 is 35.2 Å². The Labute approximate surface area is 166 Å². The molecule has 0 aromatic heterocycles. The standard InChI is InChI=1S/C25H20NOP/c1-18-10-8-15-21-24(18)27-25-22(26-21)16-9-17-23(25)28(19-11-4-2-5-12-19)20-13-6-3-7-14-20/h2-17,26H,1H3. The van der Waals surface area contributed by atoms with E-state index in [-0.39, 0.29) is 0 Å². The fourth-order valence-corrected chi connectivity index (χ4v) is 6.02. The molecule has 3 heteroatoms. The number of anilines is 2. The zero-order valence-electron chi connectivity index (χ0n) is 15.6. The Kier molecular flexibility index (Phi) is 4.35. The van der Waals surface area contributed by atoms with Crippen LogP contribution in [0.25, 0.3) is 0 Å². The summed E-state index contributed by atoms with van der Waals surface area (Å²) in [6.07, 6.45) is 0. The minimum atomic E-state index is -0.725. The van der Waals surface area contributed by atoms with Gasteiger partial charge < -0.3 is 10.1 Å². The van der Waals surface area contributed by atoms with Crippen LogP contribution in [-0.4, -0.2) is 0 Å². The van der Waals surface area contributed by atoms with Gasteiger partial charge >= 0.3 is 0 Å². The Morgan fingerprint density at radius 1 is 0.607 bits per heavy atom. The minimum Gasteiger partial charge on any atom is -0.452 e. The fourth-order valence-electron chi connectivity index (χ4n) is 3.62. The first kappa shape index (κ1) is 17.0. The molecule has 0 atom stereocenters. The largest absolute Gasteiger partial charge is 0.452 e. The van der Waals surface area contributed by atoms with Crippen LogP contribution in [0.15, 0.2) is 97.1 Å². The maximum absolute atomic E-state index is 6.52. The molecule has 0 aliphatic carbocycles. The Morgan fingerprint density at radius 3 is 1.82 bits per heavy atom. The lowest BCUT2D eigenvalue weighted by atomic mass is 10.1. The summed E-state index contributed by atoms with van der Waals surface area (Å²) in [4.78, 5) is 0. The highest BCUT2D eigenvalue weighted by Gasteiger charge is 2.26. The molecule has 136 valence electrons. The Balaban J connectivity index is 1.69. The highest BCUT2D eigenvalue weighted by molar-refractivity contribution is 7.80. The maximum Gasteiger partial charge on any atom is 0.159 e. The van der Waals surface area contributed by atoms with Gasteiger partial charge in [0.15, 0.2) is 11.5 Å². The molecule has 1 aliphatic heterocycles. The number of hydrogen-bond acceptors (Lipinski definition) is 2. The Morgan fingerprint density at radius 2 is 1.18 bits per heavy atom. The molecule has 0 saturated heterocycles. The predicted octanol–water partition coefficient (Wildman–Crippen LogP) is 5.60. The average Bonchev–Trinajstić information content (AvgIpc) is 2.75. The molecule has 5 rings (SSSR count). The number of nitrogens with one attached hydrogen (secondary N) is 1. The van der Waals surface area contributed by atoms with E-state index in [0.29, 0.717) is 0 Å². The van der Waals surface area contributed by atoms with Crippen molar-refractivity contribution in [3.63, 3.8) is 0 Å². The smallest absolute Gasteiger partial charge is 0.159 e. The predicted molar refractivity (Wildman–Crippen MR) is 120 cm³/mol. The van der Waals surface area contributed by atoms with Crippen molar-refractivity contribution in [3.05, 3.63) is 103 Å². The number of ether oxygens (including phenoxy) is 1. The van der Waals surface area contributed by atoms with Gasteiger partial charge in [0.05, 0.1) is 11.4 Å². The van der Waals surface area contributed by atoms with Gasteiger partial charge in [0.2, 0.25) is 0 Å². The van der Waals surface area contributed by atoms with Crippen LogP contribution in [0.2, 0.25) is 0 Å². The van der Waals surface area contributed by atoms with Crippen LogP contribution in [0.4, 0.5) is 11.4 Å². The quantitative estimate of drug-likeness (QED) is 0.411. The second kappa shape index (κ2) is 7.14. The maximum atomic E-state index is 6.52. The SMILES string of the molecule is Cc1cccc2c1Oc1c(cccc1P(c1ccccc1)c1ccccc1)N2. The number of rotatable bonds is 3. The highest BCUT2D eigenvalue weighted by atomic mass is 31.1. The van der Waals surface area contributed by atoms with Crippen LogP contribution in [0.5, 0.6) is 11.5 Å². The molecule has 2 nitrogen and oxygen atoms in total. The lowest BCUT2D eigenvalue weighted by molar-refractivity contribution is 0.481. The molecule has 0 saturated carbocycles. The number of aryl methyl sites for hydroxylation is 1. The molecule has 1 N–H and O–H groups in total. The van der Waals surface area contributed by atoms with Gasteiger partial charge in [0.25, 0.3) is 0 Å². The Hall–Kier alpha value is -3.09. The summed E-state index contributed by atoms with van der Waals surface area (Å²) in [7, 11) is -0.725. The summed E-state index contributed by atoms with van der Waals surface area (Å²) in [6.45, 7) is 2.09. The first-order chi connectivity index (χ1) is 13.8. The molecule has 1 heterocycles. The normalized spacial score (nSPS) is 11.9. The average molecular weight is 381 g/mol. The third kappa shape index (κ3) is 2.96. The van der Waals surface area contributed by atoms with E-state index in [1.807, 2.05) is 0 Å². The lowest BCUT2D eigenvalue weighted by Gasteiger charge is -2.28. The van der Waals surface area contributed by atoms with E-state index < -0.39 is 7.92 Å². The van der Waals surface area contributed by atoms with E-state index in [1.165, 1.54) is 15.9 Å². The van der Waals surface area contributed by atoms with E-state index >= 15 is 0 Å². The van der Waals surface area contributed by atoms with E-state index in [0.717, 1.165) is 28.4 Å². The summed E-state index contributed by atoms with van der Waals surface area (Å²) >= 11 is 0. The van der Waals surface area contributed by atoms with Gasteiger partial charge in [0, 0.05) is 5.30 Å². The summed E-state index contributed by atoms with van der Waals surface area (Å²) < 4.78 is 6.52. The van der Waals surface area contributed by atoms with Crippen molar-refractivity contribution in [2.75, 3.05) is 5.32 Å². The van der Waals surface area contributed by atoms with Crippen LogP contribution in [0, 0.1) is 6.92 Å². The van der Waals surface area contributed by atoms with Gasteiger partial charge in [0.1, 0.15) is 0 Å². The summed E-state index contributed by atoms with van der Waals surface area (Å²) in [5.74, 6) is 1.85. The second-order valence-corrected chi connectivity index (χ2v) is 9.02. The summed E-state index contributed by atoms with van der Waals surface area (Å²) in [5, 5.41) is 7.42. The molecule has 0 fully saturated rings. The lowest BCUT2D eigenvalue weighted by Crippen LogP contribution is -2.23. The van der Waals surface area contributed by atoms with Crippen LogP contribution in [0.3, 0.4) is 0 Å². The van der Waals surface area contributed by atoms with Gasteiger partial charge in [-0.05, 0) is 49.2 Å². The molecular weight excluding hydrogens is 361 g/mol. The van der Waals surface area contributed by atoms with Crippen LogP contribution >= 0.6 is 7.92 Å². The number of benzene rings is 4. The number of hydrogen-bond donors (Lipinski definition) is 1. The molecular formula is C25H20NOP. The molecule has 4 aromatic carbocycles. The van der Waals surface area contributed by atoms with Crippen molar-refractivity contribution in [2.45, 2.75) is 6.92 Å². The number of fused-ring (bicyclic) bond motifs is 2. The van der Waals surface area contributed by atoms with Crippen LogP contribution in [0.1, 0.15) is 5.56 Å². The molecule has 0 unspecified atom stereocenters. The van der Waals surface area contributed by atoms with Gasteiger partial charge in [-0.3, -0.25) is 0 Å². The molecule has 0 radical (unpaired) electrons. The fraction of sp³-hybridized carbons (Fsp3) is 0.0400. The monoisotopic (exact) mass is 381 g/mol. The van der Waals surface area contributed by atoms with Gasteiger partial charge in [-0.25, -0.2) is 0 Å². The summed E-state index contributed by atoms with van der Waals surface area (Å²) in [6, 6.07) is 34.1. The van der Waals surface area contributed by atoms with E-state index in [1.54, 1.807) is 0 Å². The molecule has 0 spiro atoms. The topological polar surface area (TPSA) is 21.3 Å². The third-order valence-electron chi connectivity index (χ3n) is 4.95. The van der Waals surface area contributed by atoms with Crippen LogP contribution < -0.4 is 26.0 Å². The summed E-state index contributed by atoms with van der Waals surface area (Å²) in [5.41, 5.74) is 3.18. The second-order valence-electron chi connectivity index (χ2n) is 6.84. The van der Waals surface area contributed by atoms with Crippen molar-refractivity contribution in [3.8, 4) is 11.5 Å². The minimum absolute atomic E-state index is 0.725. The molecule has 28 heavy (non-hydrogen) atoms. The van der Waals surface area contributed by atoms with E-state index in [4.69, 9.17) is 4.74 Å². The van der Waals surface area contributed by atoms with Crippen LogP contribution in [-0.2, 0) is 0 Å². The van der Waals surface area contributed by atoms with Crippen molar-refractivity contribution in [1.82, 2.24) is 0 Å². The van der Waals surface area contributed by atoms with Crippen molar-refractivity contribution < 1.29 is 4.74 Å². The van der Waals surface area contributed by atoms with Gasteiger partial charge in [-0.2, -0.15) is 0 Å². The number of para-hydroxylation sites is 2. The third-order valence-corrected chi connectivity index (χ3v) is 7.41. The molecule has 0 amide bonds. The van der Waals surface area contributed by atoms with Gasteiger partial charge in [-0.1, -0.05) is 78.9 Å². The molecule has 1 aliphatic rings. The van der Waals surface area contributed by atoms with E-state index in [9.17, 15) is 0 Å². The zero-order chi connectivity index (χ0) is 18.9. The first-order valence-electron chi connectivity index (χ1n) is 9.39. The van der Waals surface area contributed by atoms with Crippen molar-refractivity contribution in [1.29, 1.82) is 0 Å².